The molecule has 9 atom stereocenters. The third-order valence-corrected chi connectivity index (χ3v) is 9.55. The number of nitrogens with zero attached hydrogens (tertiary/aromatic N) is 2. The molecule has 2 aliphatic carbocycles. The van der Waals surface area contributed by atoms with Gasteiger partial charge >= 0.3 is 6.09 Å². The number of hydrogen-bond donors (Lipinski definition) is 0. The minimum atomic E-state index is -0.351. The first-order chi connectivity index (χ1) is 17.3. The van der Waals surface area contributed by atoms with Crippen molar-refractivity contribution < 1.29 is 33.3 Å². The third-order valence-electron chi connectivity index (χ3n) is 9.55. The highest BCUT2D eigenvalue weighted by molar-refractivity contribution is 5.83. The average molecular weight is 505 g/mol. The molecule has 6 fully saturated rings. The predicted octanol–water partition coefficient (Wildman–Crippen LogP) is 2.24. The first-order valence-corrected chi connectivity index (χ1v) is 13.6. The summed E-state index contributed by atoms with van der Waals surface area (Å²) in [6.45, 7) is 10.8. The number of morpholine rings is 1. The van der Waals surface area contributed by atoms with Crippen molar-refractivity contribution in [3.8, 4) is 0 Å². The summed E-state index contributed by atoms with van der Waals surface area (Å²) in [7, 11) is 1.70. The van der Waals surface area contributed by atoms with Gasteiger partial charge in [-0.3, -0.25) is 4.79 Å². The number of epoxide rings is 2. The van der Waals surface area contributed by atoms with Crippen molar-refractivity contribution in [2.75, 3.05) is 53.1 Å². The molecule has 0 radical (unpaired) electrons. The van der Waals surface area contributed by atoms with E-state index in [1.165, 1.54) is 5.57 Å². The Morgan fingerprint density at radius 3 is 2.42 bits per heavy atom. The molecule has 0 aromatic heterocycles. The van der Waals surface area contributed by atoms with Crippen molar-refractivity contribution >= 4 is 12.0 Å². The second kappa shape index (κ2) is 8.96. The van der Waals surface area contributed by atoms with Crippen LogP contribution in [-0.4, -0.2) is 104 Å². The van der Waals surface area contributed by atoms with Gasteiger partial charge in [0, 0.05) is 39.2 Å². The Hall–Kier alpha value is -1.68. The summed E-state index contributed by atoms with van der Waals surface area (Å²) in [5.74, 6) is 0.797. The van der Waals surface area contributed by atoms with Gasteiger partial charge in [0.15, 0.2) is 0 Å². The number of carbonyl (C=O) groups excluding carboxylic acids is 2. The van der Waals surface area contributed by atoms with Crippen LogP contribution in [0.1, 0.15) is 40.0 Å². The molecule has 2 saturated carbocycles. The van der Waals surface area contributed by atoms with Crippen molar-refractivity contribution in [1.29, 1.82) is 0 Å². The number of carbonyl (C=O) groups is 2. The smallest absolute Gasteiger partial charge is 0.410 e. The van der Waals surface area contributed by atoms with E-state index in [2.05, 4.69) is 26.8 Å². The zero-order valence-electron chi connectivity index (χ0n) is 21.9. The lowest BCUT2D eigenvalue weighted by molar-refractivity contribution is -0.137. The van der Waals surface area contributed by atoms with Gasteiger partial charge in [-0.1, -0.05) is 11.6 Å². The quantitative estimate of drug-likeness (QED) is 0.405. The van der Waals surface area contributed by atoms with E-state index in [-0.39, 0.29) is 65.2 Å². The largest absolute Gasteiger partial charge is 0.443 e. The molecule has 4 saturated heterocycles. The van der Waals surface area contributed by atoms with E-state index >= 15 is 0 Å². The van der Waals surface area contributed by atoms with Gasteiger partial charge < -0.3 is 33.5 Å². The summed E-state index contributed by atoms with van der Waals surface area (Å²) in [6, 6.07) is 0. The number of hydrogen-bond acceptors (Lipinski definition) is 7. The normalized spacial score (nSPS) is 44.7. The van der Waals surface area contributed by atoms with Gasteiger partial charge in [0.1, 0.15) is 23.4 Å². The number of allylic oxidation sites excluding steroid dienone is 1. The fourth-order valence-electron chi connectivity index (χ4n) is 7.31. The third kappa shape index (κ3) is 4.16. The van der Waals surface area contributed by atoms with E-state index in [1.807, 2.05) is 4.90 Å². The second-order valence-electron chi connectivity index (χ2n) is 12.0. The van der Waals surface area contributed by atoms with Crippen LogP contribution in [0, 0.1) is 23.7 Å². The minimum absolute atomic E-state index is 0.0135. The monoisotopic (exact) mass is 504 g/mol. The Bertz CT molecular complexity index is 913. The Morgan fingerprint density at radius 2 is 1.81 bits per heavy atom. The van der Waals surface area contributed by atoms with E-state index < -0.39 is 0 Å². The molecule has 36 heavy (non-hydrogen) atoms. The minimum Gasteiger partial charge on any atom is -0.443 e. The van der Waals surface area contributed by atoms with Gasteiger partial charge in [0.25, 0.3) is 0 Å². The summed E-state index contributed by atoms with van der Waals surface area (Å²) in [4.78, 5) is 29.7. The maximum absolute atomic E-state index is 13.2. The van der Waals surface area contributed by atoms with Crippen LogP contribution in [0.5, 0.6) is 0 Å². The van der Waals surface area contributed by atoms with Crippen LogP contribution in [0.15, 0.2) is 11.6 Å². The van der Waals surface area contributed by atoms with Gasteiger partial charge in [0.05, 0.1) is 31.8 Å². The number of fused-ring (bicyclic) bond motifs is 1. The molecule has 0 aromatic rings. The molecule has 2 amide bonds. The van der Waals surface area contributed by atoms with Crippen molar-refractivity contribution in [3.05, 3.63) is 11.6 Å². The first-order valence-electron chi connectivity index (χ1n) is 13.6. The zero-order valence-corrected chi connectivity index (χ0v) is 21.9. The fraction of sp³-hybridized carbons (Fsp3) is 0.852. The molecule has 6 aliphatic rings. The van der Waals surface area contributed by atoms with Crippen LogP contribution in [0.3, 0.4) is 0 Å². The second-order valence-corrected chi connectivity index (χ2v) is 12.0. The van der Waals surface area contributed by atoms with E-state index in [1.54, 1.807) is 12.0 Å². The zero-order chi connectivity index (χ0) is 25.2. The molecule has 6 rings (SSSR count). The molecule has 4 heterocycles. The topological polar surface area (TPSA) is 93.4 Å². The van der Waals surface area contributed by atoms with Crippen molar-refractivity contribution in [2.45, 2.75) is 69.5 Å². The van der Waals surface area contributed by atoms with E-state index in [4.69, 9.17) is 23.7 Å². The molecule has 0 N–H and O–H groups in total. The van der Waals surface area contributed by atoms with Gasteiger partial charge in [-0.15, -0.1) is 0 Å². The summed E-state index contributed by atoms with van der Waals surface area (Å²) in [6.07, 6.45) is 3.86. The van der Waals surface area contributed by atoms with Crippen molar-refractivity contribution in [1.82, 2.24) is 9.80 Å². The van der Waals surface area contributed by atoms with Crippen LogP contribution in [0.25, 0.3) is 0 Å². The Labute approximate surface area is 213 Å². The van der Waals surface area contributed by atoms with Crippen LogP contribution < -0.4 is 0 Å². The molecular weight excluding hydrogens is 464 g/mol. The Balaban J connectivity index is 1.06. The van der Waals surface area contributed by atoms with Gasteiger partial charge in [-0.2, -0.15) is 0 Å². The van der Waals surface area contributed by atoms with Crippen molar-refractivity contribution in [2.24, 2.45) is 23.7 Å². The van der Waals surface area contributed by atoms with Gasteiger partial charge in [-0.05, 0) is 51.9 Å². The highest BCUT2D eigenvalue weighted by Gasteiger charge is 2.72. The average Bonchev–Trinajstić information content (AvgIpc) is 3.83. The van der Waals surface area contributed by atoms with E-state index in [0.717, 1.165) is 12.8 Å². The number of likely N-dealkylation sites (tertiary alicyclic amines) is 1. The highest BCUT2D eigenvalue weighted by atomic mass is 16.6. The first kappa shape index (κ1) is 24.6. The standard InChI is InChI=1S/C27H40N2O7/c1-16(2)5-6-20-26(3,36-20)23-22(32-4)19(7-8-27(23)15-34-27)35-25(31)29-13-17-18(14-29)21(17)24(30)28-9-11-33-12-10-28/h5,17-23H,6-15H2,1-4H3/t17-,18+,19-,20-,21?,22-,23?,26+,27+/m1/s1. The lowest BCUT2D eigenvalue weighted by atomic mass is 9.68. The highest BCUT2D eigenvalue weighted by Crippen LogP contribution is 2.60. The Kier molecular flexibility index (Phi) is 6.14. The fourth-order valence-corrected chi connectivity index (χ4v) is 7.31. The van der Waals surface area contributed by atoms with Crippen LogP contribution in [0.2, 0.25) is 0 Å². The van der Waals surface area contributed by atoms with E-state index in [0.29, 0.717) is 52.4 Å². The van der Waals surface area contributed by atoms with E-state index in [9.17, 15) is 9.59 Å². The van der Waals surface area contributed by atoms with Gasteiger partial charge in [0.2, 0.25) is 5.91 Å². The maximum atomic E-state index is 13.2. The van der Waals surface area contributed by atoms with Crippen LogP contribution in [-0.2, 0) is 28.5 Å². The molecule has 9 heteroatoms. The summed E-state index contributed by atoms with van der Waals surface area (Å²) < 4.78 is 29.7. The number of ether oxygens (including phenoxy) is 5. The molecule has 0 aromatic carbocycles. The van der Waals surface area contributed by atoms with Gasteiger partial charge in [-0.25, -0.2) is 4.79 Å². The maximum Gasteiger partial charge on any atom is 0.410 e. The molecule has 200 valence electrons. The number of amides is 2. The molecular formula is C27H40N2O7. The molecule has 4 aliphatic heterocycles. The molecule has 1 spiro atoms. The number of rotatable bonds is 6. The number of methoxy groups -OCH3 is 1. The summed E-state index contributed by atoms with van der Waals surface area (Å²) in [5.41, 5.74) is 0.693. The number of piperidine rings is 1. The summed E-state index contributed by atoms with van der Waals surface area (Å²) >= 11 is 0. The molecule has 9 nitrogen and oxygen atoms in total. The Morgan fingerprint density at radius 1 is 1.11 bits per heavy atom. The van der Waals surface area contributed by atoms with Crippen molar-refractivity contribution in [3.63, 3.8) is 0 Å². The lowest BCUT2D eigenvalue weighted by Gasteiger charge is -2.43. The SMILES string of the molecule is CO[C@H]1C([C@@]2(C)O[C@@H]2CC=C(C)C)[C@]2(CC[C@H]1OC(=O)N1C[C@@H]3C(C(=O)N4CCOCC4)[C@@H]3C1)CO2. The van der Waals surface area contributed by atoms with Crippen LogP contribution in [0.4, 0.5) is 4.79 Å². The lowest BCUT2D eigenvalue weighted by Crippen LogP contribution is -2.56. The predicted molar refractivity (Wildman–Crippen MR) is 129 cm³/mol. The summed E-state index contributed by atoms with van der Waals surface area (Å²) in [5, 5.41) is 0. The molecule has 2 unspecified atom stereocenters. The molecule has 0 bridgehead atoms. The van der Waals surface area contributed by atoms with Crippen LogP contribution >= 0.6 is 0 Å².